The van der Waals surface area contributed by atoms with Crippen LogP contribution in [0.2, 0.25) is 0 Å². The number of hydrogen-bond donors (Lipinski definition) is 1. The first-order valence-electron chi connectivity index (χ1n) is 10.2. The van der Waals surface area contributed by atoms with E-state index in [1.165, 1.54) is 16.5 Å². The number of benzene rings is 3. The third kappa shape index (κ3) is 4.33. The van der Waals surface area contributed by atoms with Crippen molar-refractivity contribution < 1.29 is 4.57 Å². The molecule has 0 amide bonds. The maximum Gasteiger partial charge on any atom is 0.212 e. The van der Waals surface area contributed by atoms with Crippen LogP contribution in [0.3, 0.4) is 0 Å². The minimum atomic E-state index is 0.811. The van der Waals surface area contributed by atoms with Crippen LogP contribution in [0.25, 0.3) is 10.9 Å². The molecule has 0 aliphatic carbocycles. The Morgan fingerprint density at radius 3 is 2.37 bits per heavy atom. The van der Waals surface area contributed by atoms with Gasteiger partial charge in [0.2, 0.25) is 5.52 Å². The molecule has 0 radical (unpaired) electrons. The predicted molar refractivity (Wildman–Crippen MR) is 126 cm³/mol. The highest BCUT2D eigenvalue weighted by Crippen LogP contribution is 2.20. The Morgan fingerprint density at radius 2 is 1.60 bits per heavy atom. The Labute approximate surface area is 178 Å². The number of hydrogen-bond acceptors (Lipinski definition) is 3. The Morgan fingerprint density at radius 1 is 0.900 bits per heavy atom. The molecule has 0 spiro atoms. The van der Waals surface area contributed by atoms with E-state index < -0.39 is 0 Å². The molecule has 0 saturated heterocycles. The summed E-state index contributed by atoms with van der Waals surface area (Å²) in [6.07, 6.45) is 2.09. The summed E-state index contributed by atoms with van der Waals surface area (Å²) in [7, 11) is 4.05. The van der Waals surface area contributed by atoms with Crippen molar-refractivity contribution >= 4 is 28.0 Å². The van der Waals surface area contributed by atoms with E-state index in [0.29, 0.717) is 0 Å². The smallest absolute Gasteiger partial charge is 0.212 e. The van der Waals surface area contributed by atoms with Crippen LogP contribution in [0.5, 0.6) is 0 Å². The molecule has 0 unspecified atom stereocenters. The van der Waals surface area contributed by atoms with Gasteiger partial charge in [0, 0.05) is 37.0 Å². The van der Waals surface area contributed by atoms with E-state index in [-0.39, 0.29) is 0 Å². The number of aromatic nitrogens is 1. The quantitative estimate of drug-likeness (QED) is 0.279. The highest BCUT2D eigenvalue weighted by Gasteiger charge is 2.12. The second-order valence-electron chi connectivity index (χ2n) is 7.45. The SMILES string of the molecule is CC(=NN(C)c1ccc(NCc2ccccc2)cc1)c1cc[n+](C)c2ccccc12. The summed E-state index contributed by atoms with van der Waals surface area (Å²) < 4.78 is 2.14. The molecule has 30 heavy (non-hydrogen) atoms. The van der Waals surface area contributed by atoms with E-state index in [4.69, 9.17) is 5.10 Å². The molecular formula is C26H27N4+. The standard InChI is InChI=1S/C26H27N4/c1-20(24-17-18-29(2)26-12-8-7-11-25(24)26)28-30(3)23-15-13-22(14-16-23)27-19-21-9-5-4-6-10-21/h4-18,27H,19H2,1-3H3/q+1. The largest absolute Gasteiger partial charge is 0.381 e. The van der Waals surface area contributed by atoms with Gasteiger partial charge in [0.05, 0.1) is 16.8 Å². The van der Waals surface area contributed by atoms with Gasteiger partial charge in [-0.05, 0) is 42.8 Å². The molecule has 0 fully saturated rings. The predicted octanol–water partition coefficient (Wildman–Crippen LogP) is 5.14. The van der Waals surface area contributed by atoms with Crippen LogP contribution >= 0.6 is 0 Å². The monoisotopic (exact) mass is 395 g/mol. The molecule has 0 aliphatic rings. The van der Waals surface area contributed by atoms with Crippen molar-refractivity contribution in [2.24, 2.45) is 12.1 Å². The lowest BCUT2D eigenvalue weighted by atomic mass is 10.1. The molecular weight excluding hydrogens is 368 g/mol. The average Bonchev–Trinajstić information content (AvgIpc) is 2.79. The summed E-state index contributed by atoms with van der Waals surface area (Å²) in [5, 5.41) is 11.4. The van der Waals surface area contributed by atoms with Crippen LogP contribution in [-0.4, -0.2) is 12.8 Å². The molecule has 4 heteroatoms. The van der Waals surface area contributed by atoms with Crippen LogP contribution in [0.4, 0.5) is 11.4 Å². The van der Waals surface area contributed by atoms with E-state index >= 15 is 0 Å². The summed E-state index contributed by atoms with van der Waals surface area (Å²) in [6.45, 7) is 2.87. The number of nitrogens with one attached hydrogen (secondary N) is 1. The third-order valence-corrected chi connectivity index (χ3v) is 5.31. The molecule has 1 heterocycles. The highest BCUT2D eigenvalue weighted by molar-refractivity contribution is 6.08. The zero-order valence-electron chi connectivity index (χ0n) is 17.7. The maximum atomic E-state index is 4.84. The lowest BCUT2D eigenvalue weighted by Gasteiger charge is -2.16. The number of anilines is 2. The van der Waals surface area contributed by atoms with Crippen molar-refractivity contribution in [2.75, 3.05) is 17.4 Å². The average molecular weight is 396 g/mol. The summed E-state index contributed by atoms with van der Waals surface area (Å²) in [5.41, 5.74) is 6.74. The summed E-state index contributed by atoms with van der Waals surface area (Å²) >= 11 is 0. The van der Waals surface area contributed by atoms with Crippen molar-refractivity contribution in [1.29, 1.82) is 0 Å². The first kappa shape index (κ1) is 19.6. The molecule has 1 N–H and O–H groups in total. The molecule has 0 aliphatic heterocycles. The van der Waals surface area contributed by atoms with Gasteiger partial charge in [-0.25, -0.2) is 4.57 Å². The van der Waals surface area contributed by atoms with Gasteiger partial charge >= 0.3 is 0 Å². The molecule has 4 nitrogen and oxygen atoms in total. The van der Waals surface area contributed by atoms with Crippen LogP contribution in [0, 0.1) is 0 Å². The van der Waals surface area contributed by atoms with E-state index in [2.05, 4.69) is 109 Å². The summed E-state index contributed by atoms with van der Waals surface area (Å²) in [4.78, 5) is 0. The van der Waals surface area contributed by atoms with Gasteiger partial charge in [-0.3, -0.25) is 5.01 Å². The second kappa shape index (κ2) is 8.78. The van der Waals surface area contributed by atoms with Crippen molar-refractivity contribution in [2.45, 2.75) is 13.5 Å². The molecule has 3 aromatic carbocycles. The molecule has 4 aromatic rings. The van der Waals surface area contributed by atoms with Crippen LogP contribution in [0.1, 0.15) is 18.1 Å². The zero-order valence-corrected chi connectivity index (χ0v) is 17.7. The van der Waals surface area contributed by atoms with Gasteiger partial charge in [0.25, 0.3) is 0 Å². The summed E-state index contributed by atoms with van der Waals surface area (Å²) in [6, 6.07) is 29.3. The number of pyridine rings is 1. The van der Waals surface area contributed by atoms with Crippen LogP contribution in [-0.2, 0) is 13.6 Å². The third-order valence-electron chi connectivity index (χ3n) is 5.31. The van der Waals surface area contributed by atoms with Crippen molar-refractivity contribution in [3.63, 3.8) is 0 Å². The lowest BCUT2D eigenvalue weighted by molar-refractivity contribution is -0.644. The Balaban J connectivity index is 1.50. The first-order chi connectivity index (χ1) is 14.6. The number of fused-ring (bicyclic) bond motifs is 1. The van der Waals surface area contributed by atoms with Crippen molar-refractivity contribution in [1.82, 2.24) is 0 Å². The molecule has 4 rings (SSSR count). The van der Waals surface area contributed by atoms with Gasteiger partial charge < -0.3 is 5.32 Å². The fourth-order valence-corrected chi connectivity index (χ4v) is 3.61. The Hall–Kier alpha value is -3.66. The summed E-state index contributed by atoms with van der Waals surface area (Å²) in [5.74, 6) is 0. The van der Waals surface area contributed by atoms with Gasteiger partial charge in [-0.2, -0.15) is 5.10 Å². The van der Waals surface area contributed by atoms with Gasteiger partial charge in [0.15, 0.2) is 6.20 Å². The molecule has 0 bridgehead atoms. The maximum absolute atomic E-state index is 4.84. The van der Waals surface area contributed by atoms with E-state index in [0.717, 1.165) is 29.2 Å². The van der Waals surface area contributed by atoms with Gasteiger partial charge in [0.1, 0.15) is 7.05 Å². The van der Waals surface area contributed by atoms with Gasteiger partial charge in [-0.15, -0.1) is 0 Å². The number of para-hydroxylation sites is 1. The van der Waals surface area contributed by atoms with Crippen LogP contribution in [0.15, 0.2) is 96.2 Å². The van der Waals surface area contributed by atoms with Crippen molar-refractivity contribution in [3.8, 4) is 0 Å². The van der Waals surface area contributed by atoms with Gasteiger partial charge in [-0.1, -0.05) is 42.5 Å². The van der Waals surface area contributed by atoms with E-state index in [9.17, 15) is 0 Å². The Kier molecular flexibility index (Phi) is 5.75. The lowest BCUT2D eigenvalue weighted by Crippen LogP contribution is -2.29. The molecule has 150 valence electrons. The molecule has 0 atom stereocenters. The van der Waals surface area contributed by atoms with E-state index in [1.54, 1.807) is 0 Å². The second-order valence-corrected chi connectivity index (χ2v) is 7.45. The fourth-order valence-electron chi connectivity index (χ4n) is 3.61. The van der Waals surface area contributed by atoms with Crippen molar-refractivity contribution in [3.05, 3.63) is 102 Å². The minimum absolute atomic E-state index is 0.811. The molecule has 1 aromatic heterocycles. The number of hydrazone groups is 1. The molecule has 0 saturated carbocycles. The first-order valence-corrected chi connectivity index (χ1v) is 10.2. The number of rotatable bonds is 6. The Bertz CT molecular complexity index is 1160. The number of aryl methyl sites for hydroxylation is 1. The fraction of sp³-hybridized carbons (Fsp3) is 0.154. The highest BCUT2D eigenvalue weighted by atomic mass is 15.4. The normalized spacial score (nSPS) is 11.5. The number of nitrogens with zero attached hydrogens (tertiary/aromatic N) is 3. The topological polar surface area (TPSA) is 31.5 Å². The minimum Gasteiger partial charge on any atom is -0.381 e. The van der Waals surface area contributed by atoms with Crippen LogP contribution < -0.4 is 14.9 Å². The van der Waals surface area contributed by atoms with E-state index in [1.807, 2.05) is 18.1 Å². The zero-order chi connectivity index (χ0) is 20.9.